The van der Waals surface area contributed by atoms with Gasteiger partial charge in [0.1, 0.15) is 5.78 Å². The fourth-order valence-electron chi connectivity index (χ4n) is 4.32. The number of carbonyl (C=O) groups is 1. The summed E-state index contributed by atoms with van der Waals surface area (Å²) < 4.78 is 0. The summed E-state index contributed by atoms with van der Waals surface area (Å²) in [6.07, 6.45) is 7.90. The molecule has 0 spiro atoms. The summed E-state index contributed by atoms with van der Waals surface area (Å²) in [5.41, 5.74) is -0.696. The Balaban J connectivity index is 2.30. The van der Waals surface area contributed by atoms with Crippen LogP contribution in [0.25, 0.3) is 0 Å². The average molecular weight is 405 g/mol. The fourth-order valence-corrected chi connectivity index (χ4v) is 4.32. The minimum atomic E-state index is -0.348. The van der Waals surface area contributed by atoms with Crippen LogP contribution in [-0.2, 0) is 4.79 Å². The molecular weight excluding hydrogens is 364 g/mol. The highest BCUT2D eigenvalue weighted by atomic mass is 16.1. The highest BCUT2D eigenvalue weighted by Crippen LogP contribution is 2.39. The maximum absolute atomic E-state index is 12.3. The highest BCUT2D eigenvalue weighted by molar-refractivity contribution is 5.84. The predicted molar refractivity (Wildman–Crippen MR) is 121 cm³/mol. The van der Waals surface area contributed by atoms with Crippen LogP contribution in [0.5, 0.6) is 0 Å². The number of rotatable bonds is 11. The van der Waals surface area contributed by atoms with Gasteiger partial charge in [0, 0.05) is 37.0 Å². The van der Waals surface area contributed by atoms with E-state index in [2.05, 4.69) is 62.1 Å². The van der Waals surface area contributed by atoms with Gasteiger partial charge in [-0.2, -0.15) is 15.0 Å². The third kappa shape index (κ3) is 6.54. The first-order valence-electron chi connectivity index (χ1n) is 11.3. The zero-order valence-corrected chi connectivity index (χ0v) is 19.3. The number of nitrogens with one attached hydrogen (secondary N) is 2. The van der Waals surface area contributed by atoms with Crippen molar-refractivity contribution >= 4 is 23.6 Å². The van der Waals surface area contributed by atoms with Gasteiger partial charge in [-0.25, -0.2) is 0 Å². The van der Waals surface area contributed by atoms with Crippen molar-refractivity contribution in [2.24, 2.45) is 0 Å². The Labute approximate surface area is 176 Å². The van der Waals surface area contributed by atoms with E-state index in [4.69, 9.17) is 9.97 Å². The number of unbranched alkanes of at least 4 members (excludes halogenated alkanes) is 4. The molecule has 1 fully saturated rings. The van der Waals surface area contributed by atoms with E-state index < -0.39 is 0 Å². The molecule has 7 heteroatoms. The molecule has 0 unspecified atom stereocenters. The van der Waals surface area contributed by atoms with Gasteiger partial charge >= 0.3 is 0 Å². The summed E-state index contributed by atoms with van der Waals surface area (Å²) in [5, 5.41) is 6.74. The van der Waals surface area contributed by atoms with Gasteiger partial charge in [-0.1, -0.05) is 39.5 Å². The maximum atomic E-state index is 12.3. The number of Topliss-reactive ketones (excluding diaryl/α,β-unsaturated/α-hetero) is 1. The van der Waals surface area contributed by atoms with Crippen LogP contribution in [0.1, 0.15) is 92.9 Å². The molecule has 0 aliphatic carbocycles. The van der Waals surface area contributed by atoms with Gasteiger partial charge in [-0.15, -0.1) is 0 Å². The van der Waals surface area contributed by atoms with Gasteiger partial charge < -0.3 is 15.5 Å². The quantitative estimate of drug-likeness (QED) is 0.512. The van der Waals surface area contributed by atoms with Gasteiger partial charge in [0.2, 0.25) is 17.8 Å². The van der Waals surface area contributed by atoms with E-state index in [1.165, 1.54) is 25.7 Å². The second-order valence-electron chi connectivity index (χ2n) is 9.40. The Kier molecular flexibility index (Phi) is 8.23. The molecule has 0 bridgehead atoms. The summed E-state index contributed by atoms with van der Waals surface area (Å²) in [7, 11) is 0. The first-order chi connectivity index (χ1) is 13.7. The molecule has 0 saturated carbocycles. The van der Waals surface area contributed by atoms with E-state index in [0.29, 0.717) is 36.5 Å². The van der Waals surface area contributed by atoms with Crippen molar-refractivity contribution in [2.45, 2.75) is 104 Å². The van der Waals surface area contributed by atoms with Crippen molar-refractivity contribution in [1.82, 2.24) is 15.0 Å². The minimum Gasteiger partial charge on any atom is -0.354 e. The van der Waals surface area contributed by atoms with Crippen LogP contribution in [0.3, 0.4) is 0 Å². The molecule has 0 amide bonds. The van der Waals surface area contributed by atoms with Gasteiger partial charge in [0.05, 0.1) is 0 Å². The lowest BCUT2D eigenvalue weighted by atomic mass is 9.79. The van der Waals surface area contributed by atoms with Crippen molar-refractivity contribution in [3.8, 4) is 0 Å². The zero-order valence-electron chi connectivity index (χ0n) is 19.3. The van der Waals surface area contributed by atoms with Crippen LogP contribution >= 0.6 is 0 Å². The molecule has 0 radical (unpaired) electrons. The topological polar surface area (TPSA) is 83.0 Å². The van der Waals surface area contributed by atoms with Crippen molar-refractivity contribution < 1.29 is 4.79 Å². The summed E-state index contributed by atoms with van der Waals surface area (Å²) in [4.78, 5) is 28.6. The number of ketones is 1. The standard InChI is InChI=1S/C22H40N6O/c1-7-9-11-13-23-18-25-19(24-14-12-10-8-2)27-20(26-18)28-21(3,4)15-17(29)16-22(28,5)6/h7-16H2,1-6H3,(H2,23,24,25,26,27). The summed E-state index contributed by atoms with van der Waals surface area (Å²) in [5.74, 6) is 2.14. The van der Waals surface area contributed by atoms with Crippen LogP contribution in [0.15, 0.2) is 0 Å². The molecule has 0 atom stereocenters. The third-order valence-corrected chi connectivity index (χ3v) is 5.42. The second kappa shape index (κ2) is 10.2. The summed E-state index contributed by atoms with van der Waals surface area (Å²) in [6.45, 7) is 14.5. The number of anilines is 3. The van der Waals surface area contributed by atoms with E-state index in [1.807, 2.05) is 0 Å². The van der Waals surface area contributed by atoms with Crippen molar-refractivity contribution in [1.29, 1.82) is 0 Å². The Morgan fingerprint density at radius 2 is 1.24 bits per heavy atom. The SMILES string of the molecule is CCCCCNc1nc(NCCCCC)nc(N2C(C)(C)CC(=O)CC2(C)C)n1. The lowest BCUT2D eigenvalue weighted by molar-refractivity contribution is -0.123. The molecule has 2 N–H and O–H groups in total. The van der Waals surface area contributed by atoms with Crippen LogP contribution in [0.4, 0.5) is 17.8 Å². The molecule has 2 heterocycles. The predicted octanol–water partition coefficient (Wildman–Crippen LogP) is 4.80. The van der Waals surface area contributed by atoms with E-state index >= 15 is 0 Å². The van der Waals surface area contributed by atoms with E-state index in [-0.39, 0.29) is 11.1 Å². The number of carbonyl (C=O) groups excluding carboxylic acids is 1. The molecule has 1 aliphatic rings. The van der Waals surface area contributed by atoms with E-state index in [1.54, 1.807) is 0 Å². The Hall–Kier alpha value is -1.92. The average Bonchev–Trinajstić information content (AvgIpc) is 2.60. The van der Waals surface area contributed by atoms with Crippen LogP contribution in [0.2, 0.25) is 0 Å². The van der Waals surface area contributed by atoms with Crippen LogP contribution < -0.4 is 15.5 Å². The van der Waals surface area contributed by atoms with Crippen molar-refractivity contribution in [3.05, 3.63) is 0 Å². The lowest BCUT2D eigenvalue weighted by Gasteiger charge is -2.52. The van der Waals surface area contributed by atoms with Crippen molar-refractivity contribution in [3.63, 3.8) is 0 Å². The molecule has 164 valence electrons. The Morgan fingerprint density at radius 3 is 1.66 bits per heavy atom. The molecule has 29 heavy (non-hydrogen) atoms. The maximum Gasteiger partial charge on any atom is 0.232 e. The number of hydrogen-bond acceptors (Lipinski definition) is 7. The normalized spacial score (nSPS) is 18.0. The minimum absolute atomic E-state index is 0.293. The van der Waals surface area contributed by atoms with E-state index in [0.717, 1.165) is 25.9 Å². The largest absolute Gasteiger partial charge is 0.354 e. The molecule has 0 aromatic carbocycles. The number of piperidine rings is 1. The molecule has 1 saturated heterocycles. The van der Waals surface area contributed by atoms with Gasteiger partial charge in [0.25, 0.3) is 0 Å². The number of aromatic nitrogens is 3. The molecule has 1 aliphatic heterocycles. The van der Waals surface area contributed by atoms with Crippen LogP contribution in [-0.4, -0.2) is 44.9 Å². The van der Waals surface area contributed by atoms with E-state index in [9.17, 15) is 4.79 Å². The lowest BCUT2D eigenvalue weighted by Crippen LogP contribution is -2.62. The monoisotopic (exact) mass is 404 g/mol. The fraction of sp³-hybridized carbons (Fsp3) is 0.818. The summed E-state index contributed by atoms with van der Waals surface area (Å²) >= 11 is 0. The molecule has 1 aromatic heterocycles. The Morgan fingerprint density at radius 1 is 0.793 bits per heavy atom. The molecular formula is C22H40N6O. The second-order valence-corrected chi connectivity index (χ2v) is 9.40. The number of hydrogen-bond donors (Lipinski definition) is 2. The van der Waals surface area contributed by atoms with Crippen molar-refractivity contribution in [2.75, 3.05) is 28.6 Å². The zero-order chi connectivity index (χ0) is 21.5. The third-order valence-electron chi connectivity index (χ3n) is 5.42. The molecule has 7 nitrogen and oxygen atoms in total. The molecule has 2 rings (SSSR count). The highest BCUT2D eigenvalue weighted by Gasteiger charge is 2.46. The Bertz CT molecular complexity index is 623. The first-order valence-corrected chi connectivity index (χ1v) is 11.3. The van der Waals surface area contributed by atoms with Gasteiger partial charge in [0.15, 0.2) is 0 Å². The van der Waals surface area contributed by atoms with Gasteiger partial charge in [-0.3, -0.25) is 4.79 Å². The molecule has 1 aromatic rings. The first kappa shape index (κ1) is 23.4. The van der Waals surface area contributed by atoms with Crippen LogP contribution in [0, 0.1) is 0 Å². The smallest absolute Gasteiger partial charge is 0.232 e. The number of nitrogens with zero attached hydrogens (tertiary/aromatic N) is 4. The van der Waals surface area contributed by atoms with Gasteiger partial charge in [-0.05, 0) is 40.5 Å². The summed E-state index contributed by atoms with van der Waals surface area (Å²) in [6, 6.07) is 0.